The molecule has 3 rings (SSSR count). The lowest BCUT2D eigenvalue weighted by Gasteiger charge is -2.12. The van der Waals surface area contributed by atoms with E-state index in [0.717, 1.165) is 11.1 Å². The Morgan fingerprint density at radius 1 is 1.05 bits per heavy atom. The van der Waals surface area contributed by atoms with Gasteiger partial charge >= 0.3 is 0 Å². The summed E-state index contributed by atoms with van der Waals surface area (Å²) in [4.78, 5) is 0. The fourth-order valence-electron chi connectivity index (χ4n) is 2.32. The first kappa shape index (κ1) is 12.6. The van der Waals surface area contributed by atoms with Crippen LogP contribution in [0.5, 0.6) is 0 Å². The molecule has 3 heteroatoms. The number of benzene rings is 2. The molecule has 0 aliphatic heterocycles. The average molecular weight is 285 g/mol. The van der Waals surface area contributed by atoms with E-state index in [9.17, 15) is 0 Å². The summed E-state index contributed by atoms with van der Waals surface area (Å²) >= 11 is 7.36. The topological polar surface area (TPSA) is 4.93 Å². The highest BCUT2D eigenvalue weighted by Crippen LogP contribution is 2.27. The Hall–Kier alpha value is -1.45. The predicted octanol–water partition coefficient (Wildman–Crippen LogP) is 5.24. The number of aromatic nitrogens is 1. The van der Waals surface area contributed by atoms with E-state index >= 15 is 0 Å². The van der Waals surface area contributed by atoms with Gasteiger partial charge in [0.15, 0.2) is 0 Å². The third-order valence-corrected chi connectivity index (χ3v) is 5.11. The van der Waals surface area contributed by atoms with Crippen molar-refractivity contribution < 1.29 is 0 Å². The van der Waals surface area contributed by atoms with E-state index in [1.54, 1.807) is 11.5 Å². The second kappa shape index (κ2) is 5.27. The Balaban J connectivity index is 1.96. The van der Waals surface area contributed by atoms with E-state index in [1.165, 1.54) is 15.6 Å². The smallest absolute Gasteiger partial charge is 0.124 e. The van der Waals surface area contributed by atoms with Gasteiger partial charge in [-0.05, 0) is 25.0 Å². The molecule has 2 aromatic carbocycles. The zero-order valence-corrected chi connectivity index (χ0v) is 12.4. The molecule has 19 heavy (non-hydrogen) atoms. The number of rotatable bonds is 3. The molecule has 0 aliphatic rings. The molecule has 0 amide bonds. The Morgan fingerprint density at radius 3 is 2.47 bits per heavy atom. The van der Waals surface area contributed by atoms with Crippen molar-refractivity contribution in [3.05, 3.63) is 64.8 Å². The molecule has 0 saturated heterocycles. The van der Waals surface area contributed by atoms with Gasteiger partial charge in [0.1, 0.15) is 4.64 Å². The molecule has 3 aromatic rings. The first-order chi connectivity index (χ1) is 9.25. The highest BCUT2D eigenvalue weighted by molar-refractivity contribution is 7.71. The fraction of sp³-hybridized carbons (Fsp3) is 0.188. The lowest BCUT2D eigenvalue weighted by Crippen LogP contribution is -2.05. The maximum absolute atomic E-state index is 5.59. The molecule has 1 aromatic heterocycles. The standard InChI is InChI=1S/C16H15NS2/c1-12(11-13-7-3-2-4-8-13)17-16(18)14-9-5-6-10-15(14)19-17/h2-10,12H,11H2,1H3. The van der Waals surface area contributed by atoms with Crippen LogP contribution >= 0.6 is 23.8 Å². The number of nitrogens with zero attached hydrogens (tertiary/aromatic N) is 1. The van der Waals surface area contributed by atoms with E-state index in [2.05, 4.69) is 65.5 Å². The lowest BCUT2D eigenvalue weighted by atomic mass is 10.1. The Kier molecular flexibility index (Phi) is 3.49. The van der Waals surface area contributed by atoms with Crippen LogP contribution in [-0.4, -0.2) is 3.96 Å². The van der Waals surface area contributed by atoms with Crippen molar-refractivity contribution in [1.82, 2.24) is 3.96 Å². The van der Waals surface area contributed by atoms with Crippen LogP contribution in [0.2, 0.25) is 0 Å². The maximum Gasteiger partial charge on any atom is 0.124 e. The van der Waals surface area contributed by atoms with E-state index in [4.69, 9.17) is 12.2 Å². The molecular formula is C16H15NS2. The zero-order valence-electron chi connectivity index (χ0n) is 10.7. The van der Waals surface area contributed by atoms with Crippen LogP contribution in [0.15, 0.2) is 54.6 Å². The summed E-state index contributed by atoms with van der Waals surface area (Å²) < 4.78 is 4.49. The van der Waals surface area contributed by atoms with Crippen LogP contribution in [0.4, 0.5) is 0 Å². The fourth-order valence-corrected chi connectivity index (χ4v) is 3.90. The molecule has 1 atom stereocenters. The van der Waals surface area contributed by atoms with Crippen molar-refractivity contribution in [2.75, 3.05) is 0 Å². The SMILES string of the molecule is CC(Cc1ccccc1)n1sc2ccccc2c1=S. The van der Waals surface area contributed by atoms with Crippen molar-refractivity contribution >= 4 is 33.8 Å². The second-order valence-electron chi connectivity index (χ2n) is 4.76. The molecule has 0 radical (unpaired) electrons. The van der Waals surface area contributed by atoms with Crippen LogP contribution in [0.1, 0.15) is 18.5 Å². The summed E-state index contributed by atoms with van der Waals surface area (Å²) in [6.07, 6.45) is 1.02. The number of hydrogen-bond acceptors (Lipinski definition) is 2. The monoisotopic (exact) mass is 285 g/mol. The maximum atomic E-state index is 5.59. The molecule has 1 heterocycles. The van der Waals surface area contributed by atoms with Gasteiger partial charge in [-0.2, -0.15) is 0 Å². The third-order valence-electron chi connectivity index (χ3n) is 3.29. The van der Waals surface area contributed by atoms with Crippen LogP contribution in [-0.2, 0) is 6.42 Å². The highest BCUT2D eigenvalue weighted by Gasteiger charge is 2.10. The third kappa shape index (κ3) is 2.48. The van der Waals surface area contributed by atoms with Crippen LogP contribution in [0.25, 0.3) is 10.1 Å². The van der Waals surface area contributed by atoms with Crippen molar-refractivity contribution in [3.63, 3.8) is 0 Å². The van der Waals surface area contributed by atoms with Gasteiger partial charge in [0.2, 0.25) is 0 Å². The second-order valence-corrected chi connectivity index (χ2v) is 6.16. The van der Waals surface area contributed by atoms with Crippen LogP contribution in [0, 0.1) is 4.64 Å². The minimum absolute atomic E-state index is 0.396. The van der Waals surface area contributed by atoms with Gasteiger partial charge in [-0.1, -0.05) is 72.3 Å². The first-order valence-electron chi connectivity index (χ1n) is 6.40. The largest absolute Gasteiger partial charge is 0.284 e. The summed E-state index contributed by atoms with van der Waals surface area (Å²) in [6, 6.07) is 19.4. The van der Waals surface area contributed by atoms with Crippen molar-refractivity contribution in [3.8, 4) is 0 Å². The number of fused-ring (bicyclic) bond motifs is 1. The molecule has 96 valence electrons. The van der Waals surface area contributed by atoms with Gasteiger partial charge in [0.05, 0.1) is 4.70 Å². The summed E-state index contributed by atoms with van der Waals surface area (Å²) in [5.41, 5.74) is 1.36. The Morgan fingerprint density at radius 2 is 1.74 bits per heavy atom. The Bertz CT molecular complexity index is 740. The van der Waals surface area contributed by atoms with Crippen molar-refractivity contribution in [2.24, 2.45) is 0 Å². The summed E-state index contributed by atoms with van der Waals surface area (Å²) in [7, 11) is 0. The lowest BCUT2D eigenvalue weighted by molar-refractivity contribution is 0.581. The van der Waals surface area contributed by atoms with E-state index in [1.807, 2.05) is 0 Å². The van der Waals surface area contributed by atoms with Gasteiger partial charge in [0, 0.05) is 11.4 Å². The minimum Gasteiger partial charge on any atom is -0.284 e. The summed E-state index contributed by atoms with van der Waals surface area (Å²) in [5.74, 6) is 0. The molecule has 0 bridgehead atoms. The summed E-state index contributed by atoms with van der Waals surface area (Å²) in [6.45, 7) is 2.23. The predicted molar refractivity (Wildman–Crippen MR) is 85.5 cm³/mol. The molecule has 0 N–H and O–H groups in total. The van der Waals surface area contributed by atoms with Gasteiger partial charge < -0.3 is 0 Å². The van der Waals surface area contributed by atoms with Crippen molar-refractivity contribution in [1.29, 1.82) is 0 Å². The van der Waals surface area contributed by atoms with Gasteiger partial charge in [-0.3, -0.25) is 3.96 Å². The van der Waals surface area contributed by atoms with Gasteiger partial charge in [-0.15, -0.1) is 0 Å². The molecule has 1 unspecified atom stereocenters. The van der Waals surface area contributed by atoms with Crippen LogP contribution < -0.4 is 0 Å². The van der Waals surface area contributed by atoms with Crippen molar-refractivity contribution in [2.45, 2.75) is 19.4 Å². The van der Waals surface area contributed by atoms with Gasteiger partial charge in [0.25, 0.3) is 0 Å². The van der Waals surface area contributed by atoms with Crippen LogP contribution in [0.3, 0.4) is 0 Å². The van der Waals surface area contributed by atoms with E-state index < -0.39 is 0 Å². The molecule has 0 saturated carbocycles. The number of hydrogen-bond donors (Lipinski definition) is 0. The molecular weight excluding hydrogens is 270 g/mol. The minimum atomic E-state index is 0.396. The molecule has 1 nitrogen and oxygen atoms in total. The zero-order chi connectivity index (χ0) is 13.2. The molecule has 0 aliphatic carbocycles. The Labute approximate surface area is 122 Å². The molecule has 0 spiro atoms. The first-order valence-corrected chi connectivity index (χ1v) is 7.58. The van der Waals surface area contributed by atoms with E-state index in [-0.39, 0.29) is 0 Å². The summed E-state index contributed by atoms with van der Waals surface area (Å²) in [5, 5.41) is 1.20. The quantitative estimate of drug-likeness (QED) is 0.596. The average Bonchev–Trinajstić information content (AvgIpc) is 2.78. The molecule has 0 fully saturated rings. The normalized spacial score (nSPS) is 12.7. The highest BCUT2D eigenvalue weighted by atomic mass is 32.1. The van der Waals surface area contributed by atoms with E-state index in [0.29, 0.717) is 6.04 Å². The van der Waals surface area contributed by atoms with Gasteiger partial charge in [-0.25, -0.2) is 0 Å².